The number of hydrogen-bond donors (Lipinski definition) is 1. The van der Waals surface area contributed by atoms with Gasteiger partial charge in [-0.1, -0.05) is 75.1 Å². The van der Waals surface area contributed by atoms with Crippen LogP contribution in [0, 0.1) is 0 Å². The summed E-state index contributed by atoms with van der Waals surface area (Å²) in [7, 11) is 1.68. The third-order valence-corrected chi connectivity index (χ3v) is 6.32. The molecule has 0 bridgehead atoms. The van der Waals surface area contributed by atoms with Gasteiger partial charge in [-0.25, -0.2) is 0 Å². The summed E-state index contributed by atoms with van der Waals surface area (Å²) in [5.41, 5.74) is 1.24. The van der Waals surface area contributed by atoms with Gasteiger partial charge in [-0.15, -0.1) is 0 Å². The molecular formula is C26H37NO3. The first-order valence-electron chi connectivity index (χ1n) is 11.4. The number of rotatable bonds is 11. The highest BCUT2D eigenvalue weighted by Gasteiger charge is 2.40. The number of unbranched alkanes of at least 4 members (excludes halogenated alkanes) is 3. The SMILES string of the molecule is CCCCCC[C@](O)(c1ccc(OC)cc1)[C@H](CN1CCOCC1)c1ccccc1. The summed E-state index contributed by atoms with van der Waals surface area (Å²) >= 11 is 0. The van der Waals surface area contributed by atoms with Gasteiger partial charge >= 0.3 is 0 Å². The average Bonchev–Trinajstić information content (AvgIpc) is 2.81. The number of aliphatic hydroxyl groups is 1. The van der Waals surface area contributed by atoms with Gasteiger partial charge in [0.2, 0.25) is 0 Å². The van der Waals surface area contributed by atoms with Gasteiger partial charge in [0, 0.05) is 25.6 Å². The minimum Gasteiger partial charge on any atom is -0.497 e. The molecule has 1 fully saturated rings. The first-order chi connectivity index (χ1) is 14.7. The maximum atomic E-state index is 12.3. The number of hydrogen-bond acceptors (Lipinski definition) is 4. The van der Waals surface area contributed by atoms with Crippen LogP contribution in [0.25, 0.3) is 0 Å². The average molecular weight is 412 g/mol. The molecule has 0 amide bonds. The topological polar surface area (TPSA) is 41.9 Å². The molecule has 3 rings (SSSR count). The lowest BCUT2D eigenvalue weighted by Gasteiger charge is -2.41. The van der Waals surface area contributed by atoms with Gasteiger partial charge in [-0.3, -0.25) is 4.90 Å². The zero-order valence-corrected chi connectivity index (χ0v) is 18.6. The van der Waals surface area contributed by atoms with Crippen LogP contribution in [0.5, 0.6) is 5.75 Å². The second-order valence-electron chi connectivity index (χ2n) is 8.34. The molecule has 0 aliphatic carbocycles. The van der Waals surface area contributed by atoms with Crippen molar-refractivity contribution < 1.29 is 14.6 Å². The molecule has 1 aliphatic heterocycles. The summed E-state index contributed by atoms with van der Waals surface area (Å²) in [6.45, 7) is 6.40. The lowest BCUT2D eigenvalue weighted by atomic mass is 9.74. The molecule has 0 unspecified atom stereocenters. The summed E-state index contributed by atoms with van der Waals surface area (Å²) in [4.78, 5) is 2.43. The number of nitrogens with zero attached hydrogens (tertiary/aromatic N) is 1. The molecule has 0 spiro atoms. The monoisotopic (exact) mass is 411 g/mol. The first kappa shape index (κ1) is 22.8. The highest BCUT2D eigenvalue weighted by molar-refractivity contribution is 5.35. The third-order valence-electron chi connectivity index (χ3n) is 6.32. The molecule has 1 aliphatic rings. The second-order valence-corrected chi connectivity index (χ2v) is 8.34. The van der Waals surface area contributed by atoms with Crippen LogP contribution in [0.15, 0.2) is 54.6 Å². The lowest BCUT2D eigenvalue weighted by Crippen LogP contribution is -2.45. The van der Waals surface area contributed by atoms with Crippen LogP contribution in [0.3, 0.4) is 0 Å². The summed E-state index contributed by atoms with van der Waals surface area (Å²) in [6.07, 6.45) is 5.31. The minimum atomic E-state index is -0.931. The Labute approximate surface area is 181 Å². The Kier molecular flexibility index (Phi) is 8.74. The van der Waals surface area contributed by atoms with E-state index in [9.17, 15) is 5.11 Å². The van der Waals surface area contributed by atoms with Crippen LogP contribution in [0.1, 0.15) is 56.1 Å². The Morgan fingerprint density at radius 3 is 2.33 bits per heavy atom. The summed E-state index contributed by atoms with van der Waals surface area (Å²) < 4.78 is 10.9. The van der Waals surface area contributed by atoms with Gasteiger partial charge in [-0.05, 0) is 29.7 Å². The van der Waals surface area contributed by atoms with Gasteiger partial charge in [-0.2, -0.15) is 0 Å². The van der Waals surface area contributed by atoms with Crippen molar-refractivity contribution >= 4 is 0 Å². The van der Waals surface area contributed by atoms with Crippen molar-refractivity contribution in [2.45, 2.75) is 50.5 Å². The van der Waals surface area contributed by atoms with Crippen molar-refractivity contribution in [1.29, 1.82) is 0 Å². The molecule has 30 heavy (non-hydrogen) atoms. The number of ether oxygens (including phenoxy) is 2. The van der Waals surface area contributed by atoms with Crippen LogP contribution in [0.2, 0.25) is 0 Å². The Hall–Kier alpha value is -1.88. The van der Waals surface area contributed by atoms with E-state index in [1.165, 1.54) is 18.4 Å². The van der Waals surface area contributed by atoms with E-state index >= 15 is 0 Å². The molecule has 4 heteroatoms. The molecule has 0 saturated carbocycles. The van der Waals surface area contributed by atoms with E-state index in [2.05, 4.69) is 36.1 Å². The lowest BCUT2D eigenvalue weighted by molar-refractivity contribution is -0.0296. The van der Waals surface area contributed by atoms with Crippen molar-refractivity contribution in [3.05, 3.63) is 65.7 Å². The first-order valence-corrected chi connectivity index (χ1v) is 11.4. The highest BCUT2D eigenvalue weighted by atomic mass is 16.5. The molecule has 4 nitrogen and oxygen atoms in total. The fraction of sp³-hybridized carbons (Fsp3) is 0.538. The molecule has 164 valence electrons. The summed E-state index contributed by atoms with van der Waals surface area (Å²) in [6, 6.07) is 18.5. The van der Waals surface area contributed by atoms with Crippen LogP contribution in [0.4, 0.5) is 0 Å². The molecule has 2 aromatic rings. The Morgan fingerprint density at radius 1 is 1.00 bits per heavy atom. The van der Waals surface area contributed by atoms with Gasteiger partial charge in [0.15, 0.2) is 0 Å². The van der Waals surface area contributed by atoms with Gasteiger partial charge in [0.25, 0.3) is 0 Å². The molecule has 0 radical (unpaired) electrons. The van der Waals surface area contributed by atoms with E-state index in [0.717, 1.165) is 63.4 Å². The Bertz CT molecular complexity index is 728. The van der Waals surface area contributed by atoms with Crippen LogP contribution in [-0.4, -0.2) is 50.0 Å². The standard InChI is InChI=1S/C26H37NO3/c1-3-4-5-9-16-26(28,23-12-14-24(29-2)15-13-23)25(22-10-7-6-8-11-22)21-27-17-19-30-20-18-27/h6-8,10-15,25,28H,3-5,9,16-21H2,1-2H3/t25-,26+/m1/s1. The zero-order chi connectivity index (χ0) is 21.2. The predicted octanol–water partition coefficient (Wildman–Crippen LogP) is 4.97. The van der Waals surface area contributed by atoms with Crippen LogP contribution in [-0.2, 0) is 10.3 Å². The maximum absolute atomic E-state index is 12.3. The van der Waals surface area contributed by atoms with E-state index in [-0.39, 0.29) is 5.92 Å². The third kappa shape index (κ3) is 5.84. The second kappa shape index (κ2) is 11.5. The zero-order valence-electron chi connectivity index (χ0n) is 18.6. The molecule has 1 heterocycles. The van der Waals surface area contributed by atoms with Gasteiger partial charge < -0.3 is 14.6 Å². The van der Waals surface area contributed by atoms with Crippen LogP contribution >= 0.6 is 0 Å². The van der Waals surface area contributed by atoms with E-state index in [1.807, 2.05) is 30.3 Å². The highest BCUT2D eigenvalue weighted by Crippen LogP contribution is 2.42. The molecule has 1 N–H and O–H groups in total. The van der Waals surface area contributed by atoms with E-state index in [0.29, 0.717) is 0 Å². The van der Waals surface area contributed by atoms with Crippen molar-refractivity contribution in [3.8, 4) is 5.75 Å². The summed E-state index contributed by atoms with van der Waals surface area (Å²) in [5.74, 6) is 0.809. The smallest absolute Gasteiger partial charge is 0.118 e. The van der Waals surface area contributed by atoms with E-state index < -0.39 is 5.60 Å². The van der Waals surface area contributed by atoms with Crippen LogP contribution < -0.4 is 4.74 Å². The largest absolute Gasteiger partial charge is 0.497 e. The molecule has 2 atom stereocenters. The summed E-state index contributed by atoms with van der Waals surface area (Å²) in [5, 5.41) is 12.3. The van der Waals surface area contributed by atoms with Crippen molar-refractivity contribution in [3.63, 3.8) is 0 Å². The Morgan fingerprint density at radius 2 is 1.70 bits per heavy atom. The molecular weight excluding hydrogens is 374 g/mol. The normalized spacial score (nSPS) is 18.0. The number of methoxy groups -OCH3 is 1. The fourth-order valence-electron chi connectivity index (χ4n) is 4.48. The molecule has 0 aromatic heterocycles. The van der Waals surface area contributed by atoms with Crippen molar-refractivity contribution in [1.82, 2.24) is 4.90 Å². The molecule has 1 saturated heterocycles. The number of benzene rings is 2. The quantitative estimate of drug-likeness (QED) is 0.530. The van der Waals surface area contributed by atoms with Crippen molar-refractivity contribution in [2.75, 3.05) is 40.0 Å². The fourth-order valence-corrected chi connectivity index (χ4v) is 4.48. The Balaban J connectivity index is 1.95. The van der Waals surface area contributed by atoms with Crippen molar-refractivity contribution in [2.24, 2.45) is 0 Å². The van der Waals surface area contributed by atoms with E-state index in [1.54, 1.807) is 7.11 Å². The van der Waals surface area contributed by atoms with Gasteiger partial charge in [0.05, 0.1) is 25.9 Å². The van der Waals surface area contributed by atoms with E-state index in [4.69, 9.17) is 9.47 Å². The minimum absolute atomic E-state index is 0.00757. The van der Waals surface area contributed by atoms with Gasteiger partial charge in [0.1, 0.15) is 5.75 Å². The molecule has 2 aromatic carbocycles. The maximum Gasteiger partial charge on any atom is 0.118 e. The predicted molar refractivity (Wildman–Crippen MR) is 122 cm³/mol. The number of morpholine rings is 1.